The smallest absolute Gasteiger partial charge is 0.125 e. The van der Waals surface area contributed by atoms with Crippen molar-refractivity contribution in [3.63, 3.8) is 0 Å². The molecule has 0 fully saturated rings. The standard InChI is InChI=1S/C7H8N2OS/c1-5-8-2-6-3-11(10)4-7(6)9-5/h2H,3-4H2,1H3. The van der Waals surface area contributed by atoms with Gasteiger partial charge in [0, 0.05) is 22.6 Å². The molecule has 0 aliphatic carbocycles. The highest BCUT2D eigenvalue weighted by molar-refractivity contribution is 7.83. The Morgan fingerprint density at radius 1 is 1.55 bits per heavy atom. The molecule has 3 nitrogen and oxygen atoms in total. The summed E-state index contributed by atoms with van der Waals surface area (Å²) < 4.78 is 11.1. The van der Waals surface area contributed by atoms with Crippen molar-refractivity contribution in [2.45, 2.75) is 18.4 Å². The van der Waals surface area contributed by atoms with Gasteiger partial charge in [-0.25, -0.2) is 9.97 Å². The van der Waals surface area contributed by atoms with E-state index in [9.17, 15) is 4.21 Å². The van der Waals surface area contributed by atoms with Crippen LogP contribution in [0.5, 0.6) is 0 Å². The first-order chi connectivity index (χ1) is 5.25. The number of aromatic nitrogens is 2. The van der Waals surface area contributed by atoms with Crippen molar-refractivity contribution in [2.75, 3.05) is 0 Å². The fraction of sp³-hybridized carbons (Fsp3) is 0.429. The van der Waals surface area contributed by atoms with Crippen LogP contribution in [0.15, 0.2) is 6.20 Å². The van der Waals surface area contributed by atoms with Crippen molar-refractivity contribution in [1.82, 2.24) is 9.97 Å². The third-order valence-corrected chi connectivity index (χ3v) is 2.92. The minimum absolute atomic E-state index is 0.610. The van der Waals surface area contributed by atoms with Gasteiger partial charge in [-0.15, -0.1) is 0 Å². The number of fused-ring (bicyclic) bond motifs is 1. The molecule has 0 saturated carbocycles. The molecule has 0 N–H and O–H groups in total. The van der Waals surface area contributed by atoms with Crippen molar-refractivity contribution < 1.29 is 4.21 Å². The zero-order valence-corrected chi connectivity index (χ0v) is 7.02. The third-order valence-electron chi connectivity index (χ3n) is 1.69. The molecule has 1 aromatic heterocycles. The summed E-state index contributed by atoms with van der Waals surface area (Å²) in [5.74, 6) is 2.01. The number of nitrogens with zero attached hydrogens (tertiary/aromatic N) is 2. The van der Waals surface area contributed by atoms with Gasteiger partial charge in [-0.3, -0.25) is 4.21 Å². The topological polar surface area (TPSA) is 42.9 Å². The number of hydrogen-bond acceptors (Lipinski definition) is 3. The van der Waals surface area contributed by atoms with Gasteiger partial charge < -0.3 is 0 Å². The summed E-state index contributed by atoms with van der Waals surface area (Å²) in [6.45, 7) is 1.85. The van der Waals surface area contributed by atoms with Gasteiger partial charge in [0.05, 0.1) is 17.2 Å². The molecule has 2 heterocycles. The molecular weight excluding hydrogens is 160 g/mol. The average molecular weight is 168 g/mol. The summed E-state index contributed by atoms with van der Waals surface area (Å²) in [6.07, 6.45) is 1.78. The molecule has 0 radical (unpaired) electrons. The maximum atomic E-state index is 11.1. The van der Waals surface area contributed by atoms with Crippen molar-refractivity contribution in [3.05, 3.63) is 23.3 Å². The molecule has 2 rings (SSSR count). The van der Waals surface area contributed by atoms with Gasteiger partial charge >= 0.3 is 0 Å². The normalized spacial score (nSPS) is 21.7. The molecule has 0 amide bonds. The van der Waals surface area contributed by atoms with Crippen molar-refractivity contribution in [1.29, 1.82) is 0 Å². The number of hydrogen-bond donors (Lipinski definition) is 0. The van der Waals surface area contributed by atoms with E-state index in [0.717, 1.165) is 17.1 Å². The average Bonchev–Trinajstić information content (AvgIpc) is 2.27. The lowest BCUT2D eigenvalue weighted by atomic mass is 10.3. The molecule has 0 spiro atoms. The molecule has 0 aromatic carbocycles. The lowest BCUT2D eigenvalue weighted by Gasteiger charge is -1.94. The van der Waals surface area contributed by atoms with Gasteiger partial charge in [0.1, 0.15) is 5.82 Å². The van der Waals surface area contributed by atoms with E-state index in [1.54, 1.807) is 6.20 Å². The van der Waals surface area contributed by atoms with Crippen LogP contribution >= 0.6 is 0 Å². The van der Waals surface area contributed by atoms with E-state index in [-0.39, 0.29) is 0 Å². The quantitative estimate of drug-likeness (QED) is 0.568. The summed E-state index contributed by atoms with van der Waals surface area (Å²) in [5.41, 5.74) is 2.02. The van der Waals surface area contributed by atoms with Gasteiger partial charge in [-0.1, -0.05) is 0 Å². The zero-order valence-electron chi connectivity index (χ0n) is 6.20. The first-order valence-electron chi connectivity index (χ1n) is 3.42. The van der Waals surface area contributed by atoms with E-state index in [0.29, 0.717) is 11.5 Å². The van der Waals surface area contributed by atoms with Crippen molar-refractivity contribution in [2.24, 2.45) is 0 Å². The number of aryl methyl sites for hydroxylation is 1. The lowest BCUT2D eigenvalue weighted by molar-refractivity contribution is 0.684. The highest BCUT2D eigenvalue weighted by Gasteiger charge is 2.18. The van der Waals surface area contributed by atoms with Crippen molar-refractivity contribution in [3.8, 4) is 0 Å². The van der Waals surface area contributed by atoms with Crippen LogP contribution in [0, 0.1) is 6.92 Å². The molecule has 1 atom stereocenters. The largest absolute Gasteiger partial charge is 0.259 e. The molecule has 0 saturated heterocycles. The monoisotopic (exact) mass is 168 g/mol. The second-order valence-electron chi connectivity index (χ2n) is 2.62. The first-order valence-corrected chi connectivity index (χ1v) is 4.91. The molecule has 1 unspecified atom stereocenters. The zero-order chi connectivity index (χ0) is 7.84. The summed E-state index contributed by atoms with van der Waals surface area (Å²) in [6, 6.07) is 0. The number of rotatable bonds is 0. The summed E-state index contributed by atoms with van der Waals surface area (Å²) in [4.78, 5) is 8.24. The summed E-state index contributed by atoms with van der Waals surface area (Å²) in [5, 5.41) is 0. The SMILES string of the molecule is Cc1ncc2c(n1)CS(=O)C2. The Labute approximate surface area is 67.3 Å². The van der Waals surface area contributed by atoms with Crippen LogP contribution in [0.4, 0.5) is 0 Å². The predicted molar refractivity (Wildman–Crippen MR) is 42.3 cm³/mol. The molecule has 11 heavy (non-hydrogen) atoms. The Morgan fingerprint density at radius 2 is 2.36 bits per heavy atom. The van der Waals surface area contributed by atoms with Crippen LogP contribution in [0.3, 0.4) is 0 Å². The fourth-order valence-corrected chi connectivity index (χ4v) is 2.41. The highest BCUT2D eigenvalue weighted by atomic mass is 32.2. The first kappa shape index (κ1) is 6.91. The Hall–Kier alpha value is -0.770. The van der Waals surface area contributed by atoms with E-state index < -0.39 is 10.8 Å². The van der Waals surface area contributed by atoms with E-state index >= 15 is 0 Å². The van der Waals surface area contributed by atoms with Crippen LogP contribution < -0.4 is 0 Å². The van der Waals surface area contributed by atoms with Gasteiger partial charge in [0.25, 0.3) is 0 Å². The summed E-state index contributed by atoms with van der Waals surface area (Å²) in [7, 11) is -0.730. The van der Waals surface area contributed by atoms with Gasteiger partial charge in [0.15, 0.2) is 0 Å². The predicted octanol–water partition coefficient (Wildman–Crippen LogP) is 0.547. The Bertz CT molecular complexity index is 324. The van der Waals surface area contributed by atoms with E-state index in [1.165, 1.54) is 0 Å². The van der Waals surface area contributed by atoms with E-state index in [1.807, 2.05) is 6.92 Å². The van der Waals surface area contributed by atoms with Crippen LogP contribution in [0.1, 0.15) is 17.1 Å². The maximum absolute atomic E-state index is 11.1. The van der Waals surface area contributed by atoms with Crippen LogP contribution in [-0.2, 0) is 22.3 Å². The van der Waals surface area contributed by atoms with Crippen LogP contribution in [0.25, 0.3) is 0 Å². The van der Waals surface area contributed by atoms with Crippen molar-refractivity contribution >= 4 is 10.8 Å². The minimum atomic E-state index is -0.730. The van der Waals surface area contributed by atoms with Gasteiger partial charge in [-0.2, -0.15) is 0 Å². The second-order valence-corrected chi connectivity index (χ2v) is 4.07. The van der Waals surface area contributed by atoms with Gasteiger partial charge in [-0.05, 0) is 6.92 Å². The molecule has 4 heteroatoms. The van der Waals surface area contributed by atoms with Crippen LogP contribution in [0.2, 0.25) is 0 Å². The lowest BCUT2D eigenvalue weighted by Crippen LogP contribution is -1.93. The maximum Gasteiger partial charge on any atom is 0.125 e. The minimum Gasteiger partial charge on any atom is -0.259 e. The van der Waals surface area contributed by atoms with E-state index in [4.69, 9.17) is 0 Å². The second kappa shape index (κ2) is 2.37. The Balaban J connectivity index is 2.51. The van der Waals surface area contributed by atoms with Crippen LogP contribution in [-0.4, -0.2) is 14.2 Å². The fourth-order valence-electron chi connectivity index (χ4n) is 1.16. The summed E-state index contributed by atoms with van der Waals surface area (Å²) >= 11 is 0. The molecule has 0 bridgehead atoms. The van der Waals surface area contributed by atoms with Gasteiger partial charge in [0.2, 0.25) is 0 Å². The molecule has 1 aromatic rings. The molecule has 58 valence electrons. The Morgan fingerprint density at radius 3 is 3.18 bits per heavy atom. The van der Waals surface area contributed by atoms with E-state index in [2.05, 4.69) is 9.97 Å². The Kier molecular flexibility index (Phi) is 1.49. The molecule has 1 aliphatic rings. The third kappa shape index (κ3) is 1.18. The molecule has 1 aliphatic heterocycles. The molecular formula is C7H8N2OS. The highest BCUT2D eigenvalue weighted by Crippen LogP contribution is 2.18.